The summed E-state index contributed by atoms with van der Waals surface area (Å²) in [5.74, 6) is 1.38. The zero-order valence-electron chi connectivity index (χ0n) is 18.4. The number of anilines is 1. The Morgan fingerprint density at radius 1 is 0.970 bits per heavy atom. The van der Waals surface area contributed by atoms with Crippen LogP contribution in [0.3, 0.4) is 0 Å². The van der Waals surface area contributed by atoms with E-state index in [1.807, 2.05) is 72.2 Å². The summed E-state index contributed by atoms with van der Waals surface area (Å²) in [5, 5.41) is 15.9. The van der Waals surface area contributed by atoms with Crippen molar-refractivity contribution in [2.45, 2.75) is 31.3 Å². The van der Waals surface area contributed by atoms with Crippen molar-refractivity contribution in [3.8, 4) is 5.69 Å². The maximum absolute atomic E-state index is 12.4. The Kier molecular flexibility index (Phi) is 7.32. The van der Waals surface area contributed by atoms with Crippen molar-refractivity contribution in [2.24, 2.45) is 0 Å². The lowest BCUT2D eigenvalue weighted by Gasteiger charge is -2.14. The highest BCUT2D eigenvalue weighted by Crippen LogP contribution is 2.29. The number of aromatic nitrogens is 3. The second-order valence-corrected chi connectivity index (χ2v) is 8.93. The number of nitrogens with zero attached hydrogens (tertiary/aromatic N) is 3. The molecule has 0 bridgehead atoms. The first-order chi connectivity index (χ1) is 16.0. The summed E-state index contributed by atoms with van der Waals surface area (Å²) >= 11 is 7.91. The fraction of sp³-hybridized carbons (Fsp3) is 0.160. The Morgan fingerprint density at radius 2 is 1.73 bits per heavy atom. The third-order valence-electron chi connectivity index (χ3n) is 5.17. The van der Waals surface area contributed by atoms with E-state index in [0.29, 0.717) is 10.8 Å². The molecule has 1 aromatic heterocycles. The van der Waals surface area contributed by atoms with Crippen LogP contribution >= 0.6 is 23.4 Å². The Balaban J connectivity index is 1.58. The van der Waals surface area contributed by atoms with Gasteiger partial charge in [-0.15, -0.1) is 10.2 Å². The maximum Gasteiger partial charge on any atom is 0.319 e. The third kappa shape index (κ3) is 5.74. The van der Waals surface area contributed by atoms with Crippen molar-refractivity contribution in [2.75, 3.05) is 5.32 Å². The van der Waals surface area contributed by atoms with Crippen molar-refractivity contribution < 1.29 is 4.79 Å². The largest absolute Gasteiger partial charge is 0.331 e. The van der Waals surface area contributed by atoms with Crippen LogP contribution in [0.15, 0.2) is 78.0 Å². The predicted molar refractivity (Wildman–Crippen MR) is 134 cm³/mol. The highest BCUT2D eigenvalue weighted by Gasteiger charge is 2.17. The number of urea groups is 1. The number of aryl methyl sites for hydroxylation is 2. The zero-order chi connectivity index (χ0) is 23.2. The minimum Gasteiger partial charge on any atom is -0.331 e. The number of nitrogens with one attached hydrogen (secondary N) is 2. The molecule has 33 heavy (non-hydrogen) atoms. The predicted octanol–water partition coefficient (Wildman–Crippen LogP) is 6.15. The van der Waals surface area contributed by atoms with Crippen molar-refractivity contribution in [3.05, 3.63) is 100 Å². The number of thioether (sulfide) groups is 1. The molecule has 8 heteroatoms. The first-order valence-electron chi connectivity index (χ1n) is 10.5. The van der Waals surface area contributed by atoms with Gasteiger partial charge in [0.15, 0.2) is 11.0 Å². The van der Waals surface area contributed by atoms with Crippen LogP contribution in [0.1, 0.15) is 22.5 Å². The number of rotatable bonds is 7. The van der Waals surface area contributed by atoms with E-state index in [1.54, 1.807) is 11.8 Å². The maximum atomic E-state index is 12.4. The molecule has 0 aliphatic rings. The minimum atomic E-state index is -0.312. The highest BCUT2D eigenvalue weighted by atomic mass is 35.5. The van der Waals surface area contributed by atoms with E-state index in [0.717, 1.165) is 27.8 Å². The Labute approximate surface area is 202 Å². The molecule has 6 nitrogen and oxygen atoms in total. The van der Waals surface area contributed by atoms with Gasteiger partial charge in [0.1, 0.15) is 0 Å². The number of hydrogen-bond donors (Lipinski definition) is 2. The van der Waals surface area contributed by atoms with Crippen LogP contribution in [0.2, 0.25) is 5.02 Å². The van der Waals surface area contributed by atoms with Crippen LogP contribution < -0.4 is 10.6 Å². The number of halogens is 1. The molecule has 4 rings (SSSR count). The summed E-state index contributed by atoms with van der Waals surface area (Å²) in [6.07, 6.45) is 0. The van der Waals surface area contributed by atoms with Gasteiger partial charge in [0.2, 0.25) is 0 Å². The molecular weight excluding hydrogens is 454 g/mol. The topological polar surface area (TPSA) is 71.8 Å². The van der Waals surface area contributed by atoms with Crippen LogP contribution in [0.5, 0.6) is 0 Å². The second kappa shape index (κ2) is 10.6. The summed E-state index contributed by atoms with van der Waals surface area (Å²) in [7, 11) is 0. The monoisotopic (exact) mass is 477 g/mol. The second-order valence-electron chi connectivity index (χ2n) is 7.55. The van der Waals surface area contributed by atoms with Gasteiger partial charge in [-0.25, -0.2) is 4.79 Å². The van der Waals surface area contributed by atoms with Gasteiger partial charge in [-0.3, -0.25) is 4.57 Å². The first-order valence-corrected chi connectivity index (χ1v) is 11.9. The number of benzene rings is 3. The van der Waals surface area contributed by atoms with Gasteiger partial charge in [0, 0.05) is 16.5 Å². The highest BCUT2D eigenvalue weighted by molar-refractivity contribution is 7.98. The van der Waals surface area contributed by atoms with Gasteiger partial charge in [-0.1, -0.05) is 71.9 Å². The minimum absolute atomic E-state index is 0.211. The van der Waals surface area contributed by atoms with Gasteiger partial charge >= 0.3 is 6.03 Å². The Morgan fingerprint density at radius 3 is 2.52 bits per heavy atom. The van der Waals surface area contributed by atoms with Crippen LogP contribution in [-0.4, -0.2) is 20.8 Å². The van der Waals surface area contributed by atoms with E-state index < -0.39 is 0 Å². The van der Waals surface area contributed by atoms with Gasteiger partial charge in [0.25, 0.3) is 0 Å². The first kappa shape index (κ1) is 22.9. The smallest absolute Gasteiger partial charge is 0.319 e. The SMILES string of the molecule is Cc1ccccc1CSc1nnc(CNC(=O)Nc2ccccc2)n1-c1cc(Cl)ccc1C. The Bertz CT molecular complexity index is 1260. The molecule has 0 fully saturated rings. The molecule has 0 spiro atoms. The molecule has 168 valence electrons. The lowest BCUT2D eigenvalue weighted by Crippen LogP contribution is -2.29. The van der Waals surface area contributed by atoms with Crippen molar-refractivity contribution in [1.29, 1.82) is 0 Å². The molecule has 3 aromatic carbocycles. The van der Waals surface area contributed by atoms with E-state index in [4.69, 9.17) is 11.6 Å². The fourth-order valence-electron chi connectivity index (χ4n) is 3.34. The number of carbonyl (C=O) groups excluding carboxylic acids is 1. The van der Waals surface area contributed by atoms with E-state index in [-0.39, 0.29) is 12.6 Å². The molecule has 0 aliphatic carbocycles. The number of para-hydroxylation sites is 1. The summed E-state index contributed by atoms with van der Waals surface area (Å²) in [6.45, 7) is 4.33. The average Bonchev–Trinajstić information content (AvgIpc) is 3.22. The summed E-state index contributed by atoms with van der Waals surface area (Å²) in [5.41, 5.74) is 5.11. The zero-order valence-corrected chi connectivity index (χ0v) is 20.0. The molecule has 2 amide bonds. The van der Waals surface area contributed by atoms with Crippen molar-refractivity contribution in [1.82, 2.24) is 20.1 Å². The molecule has 4 aromatic rings. The number of hydrogen-bond acceptors (Lipinski definition) is 4. The average molecular weight is 478 g/mol. The number of amides is 2. The third-order valence-corrected chi connectivity index (χ3v) is 6.38. The van der Waals surface area contributed by atoms with Crippen LogP contribution in [-0.2, 0) is 12.3 Å². The molecule has 0 unspecified atom stereocenters. The normalized spacial score (nSPS) is 10.8. The lowest BCUT2D eigenvalue weighted by atomic mass is 10.1. The van der Waals surface area contributed by atoms with E-state index in [9.17, 15) is 4.79 Å². The van der Waals surface area contributed by atoms with E-state index >= 15 is 0 Å². The van der Waals surface area contributed by atoms with Gasteiger partial charge in [-0.05, 0) is 54.8 Å². The van der Waals surface area contributed by atoms with Crippen LogP contribution in [0.4, 0.5) is 10.5 Å². The van der Waals surface area contributed by atoms with Gasteiger partial charge < -0.3 is 10.6 Å². The van der Waals surface area contributed by atoms with Gasteiger partial charge in [0.05, 0.1) is 12.2 Å². The standard InChI is InChI=1S/C25H24ClN5OS/c1-17-8-6-7-9-19(17)16-33-25-30-29-23(31(25)22-14-20(26)13-12-18(22)2)15-27-24(32)28-21-10-4-3-5-11-21/h3-14H,15-16H2,1-2H3,(H2,27,28,32). The van der Waals surface area contributed by atoms with Crippen LogP contribution in [0.25, 0.3) is 5.69 Å². The summed E-state index contributed by atoms with van der Waals surface area (Å²) in [4.78, 5) is 12.4. The van der Waals surface area contributed by atoms with E-state index in [2.05, 4.69) is 39.9 Å². The Hall–Kier alpha value is -3.29. The molecule has 0 saturated carbocycles. The lowest BCUT2D eigenvalue weighted by molar-refractivity contribution is 0.251. The molecule has 0 radical (unpaired) electrons. The van der Waals surface area contributed by atoms with Crippen molar-refractivity contribution >= 4 is 35.1 Å². The summed E-state index contributed by atoms with van der Waals surface area (Å²) in [6, 6.07) is 23.0. The quantitative estimate of drug-likeness (QED) is 0.313. The van der Waals surface area contributed by atoms with Gasteiger partial charge in [-0.2, -0.15) is 0 Å². The summed E-state index contributed by atoms with van der Waals surface area (Å²) < 4.78 is 1.97. The molecule has 1 heterocycles. The fourth-order valence-corrected chi connectivity index (χ4v) is 4.55. The molecule has 2 N–H and O–H groups in total. The van der Waals surface area contributed by atoms with Crippen LogP contribution in [0, 0.1) is 13.8 Å². The number of carbonyl (C=O) groups is 1. The molecule has 0 atom stereocenters. The molecule has 0 saturated heterocycles. The molecular formula is C25H24ClN5OS. The van der Waals surface area contributed by atoms with Crippen molar-refractivity contribution in [3.63, 3.8) is 0 Å². The van der Waals surface area contributed by atoms with E-state index in [1.165, 1.54) is 11.1 Å². The molecule has 0 aliphatic heterocycles.